The fourth-order valence-corrected chi connectivity index (χ4v) is 2.97. The van der Waals surface area contributed by atoms with Crippen LogP contribution in [0.3, 0.4) is 0 Å². The number of aryl methyl sites for hydroxylation is 1. The third kappa shape index (κ3) is 3.38. The smallest absolute Gasteiger partial charge is 0.323 e. The number of hydrogen-bond acceptors (Lipinski definition) is 4. The molecule has 1 N–H and O–H groups in total. The van der Waals surface area contributed by atoms with Crippen LogP contribution in [-0.4, -0.2) is 56.5 Å². The summed E-state index contributed by atoms with van der Waals surface area (Å²) in [6, 6.07) is 2.54. The molecule has 0 unspecified atom stereocenters. The molecule has 24 heavy (non-hydrogen) atoms. The molecule has 8 heteroatoms. The number of imidazole rings is 1. The minimum absolute atomic E-state index is 0.0516. The number of carbonyl (C=O) groups excluding carboxylic acids is 1. The Hall–Kier alpha value is -2.48. The second-order valence-corrected chi connectivity index (χ2v) is 5.78. The van der Waals surface area contributed by atoms with Crippen LogP contribution in [0.1, 0.15) is 18.8 Å². The average Bonchev–Trinajstić information content (AvgIpc) is 3.02. The molecule has 1 aliphatic heterocycles. The first-order valence-electron chi connectivity index (χ1n) is 7.97. The third-order valence-corrected chi connectivity index (χ3v) is 4.30. The number of likely N-dealkylation sites (N-methyl/N-ethyl adjacent to an activating group) is 1. The highest BCUT2D eigenvalue weighted by atomic mass is 19.1. The molecule has 7 nitrogen and oxygen atoms in total. The molecular weight excluding hydrogens is 311 g/mol. The summed E-state index contributed by atoms with van der Waals surface area (Å²) in [7, 11) is 1.96. The summed E-state index contributed by atoms with van der Waals surface area (Å²) < 4.78 is 14.9. The van der Waals surface area contributed by atoms with Crippen LogP contribution < -0.4 is 5.32 Å². The predicted molar refractivity (Wildman–Crippen MR) is 88.0 cm³/mol. The molecular formula is C16H21FN6O. The summed E-state index contributed by atoms with van der Waals surface area (Å²) >= 11 is 0. The predicted octanol–water partition coefficient (Wildman–Crippen LogP) is 1.86. The fourth-order valence-electron chi connectivity index (χ4n) is 2.97. The van der Waals surface area contributed by atoms with Crippen molar-refractivity contribution in [2.45, 2.75) is 13.0 Å². The van der Waals surface area contributed by atoms with Crippen LogP contribution in [0.15, 0.2) is 30.7 Å². The summed E-state index contributed by atoms with van der Waals surface area (Å²) in [6.07, 6.45) is 4.76. The van der Waals surface area contributed by atoms with E-state index in [1.807, 2.05) is 17.8 Å². The number of urea groups is 1. The van der Waals surface area contributed by atoms with E-state index in [0.717, 1.165) is 25.1 Å². The van der Waals surface area contributed by atoms with Crippen LogP contribution in [0, 0.1) is 5.82 Å². The van der Waals surface area contributed by atoms with Crippen LogP contribution in [-0.2, 0) is 7.05 Å². The number of pyridine rings is 1. The van der Waals surface area contributed by atoms with Crippen molar-refractivity contribution in [2.24, 2.45) is 7.05 Å². The first kappa shape index (κ1) is 16.4. The van der Waals surface area contributed by atoms with Gasteiger partial charge in [-0.05, 0) is 18.7 Å². The highest BCUT2D eigenvalue weighted by molar-refractivity contribution is 5.88. The second-order valence-electron chi connectivity index (χ2n) is 5.78. The van der Waals surface area contributed by atoms with Crippen molar-refractivity contribution in [3.63, 3.8) is 0 Å². The maximum absolute atomic E-state index is 12.9. The number of halogens is 1. The Morgan fingerprint density at radius 2 is 2.21 bits per heavy atom. The molecule has 0 saturated carbocycles. The minimum atomic E-state index is -0.431. The summed E-state index contributed by atoms with van der Waals surface area (Å²) in [5, 5.41) is 2.72. The normalized spacial score (nSPS) is 18.6. The monoisotopic (exact) mass is 332 g/mol. The molecule has 0 spiro atoms. The average molecular weight is 332 g/mol. The zero-order chi connectivity index (χ0) is 17.1. The van der Waals surface area contributed by atoms with Gasteiger partial charge >= 0.3 is 6.03 Å². The second kappa shape index (κ2) is 6.96. The number of nitrogens with one attached hydrogen (secondary N) is 1. The molecule has 0 bridgehead atoms. The van der Waals surface area contributed by atoms with Gasteiger partial charge in [-0.2, -0.15) is 0 Å². The van der Waals surface area contributed by atoms with E-state index in [9.17, 15) is 9.18 Å². The number of carbonyl (C=O) groups is 1. The van der Waals surface area contributed by atoms with Crippen molar-refractivity contribution < 1.29 is 9.18 Å². The van der Waals surface area contributed by atoms with Gasteiger partial charge in [0.2, 0.25) is 0 Å². The van der Waals surface area contributed by atoms with Crippen molar-refractivity contribution in [2.75, 3.05) is 31.5 Å². The van der Waals surface area contributed by atoms with Crippen LogP contribution >= 0.6 is 0 Å². The van der Waals surface area contributed by atoms with Gasteiger partial charge in [-0.1, -0.05) is 6.92 Å². The molecule has 0 aromatic carbocycles. The van der Waals surface area contributed by atoms with Gasteiger partial charge in [0.15, 0.2) is 0 Å². The van der Waals surface area contributed by atoms with Gasteiger partial charge in [0.05, 0.1) is 12.2 Å². The molecule has 3 heterocycles. The van der Waals surface area contributed by atoms with Gasteiger partial charge in [-0.25, -0.2) is 19.2 Å². The first-order chi connectivity index (χ1) is 11.6. The van der Waals surface area contributed by atoms with Crippen LogP contribution in [0.4, 0.5) is 15.0 Å². The van der Waals surface area contributed by atoms with Crippen molar-refractivity contribution in [3.8, 4) is 0 Å². The summed E-state index contributed by atoms with van der Waals surface area (Å²) in [5.41, 5.74) is 0. The van der Waals surface area contributed by atoms with Crippen molar-refractivity contribution in [1.29, 1.82) is 0 Å². The van der Waals surface area contributed by atoms with Crippen molar-refractivity contribution >= 4 is 11.8 Å². The number of rotatable bonds is 3. The largest absolute Gasteiger partial charge is 0.337 e. The van der Waals surface area contributed by atoms with E-state index >= 15 is 0 Å². The molecule has 128 valence electrons. The molecule has 2 aromatic heterocycles. The van der Waals surface area contributed by atoms with Gasteiger partial charge in [-0.15, -0.1) is 0 Å². The van der Waals surface area contributed by atoms with E-state index in [4.69, 9.17) is 0 Å². The van der Waals surface area contributed by atoms with Gasteiger partial charge in [0.25, 0.3) is 0 Å². The number of aromatic nitrogens is 3. The molecule has 1 saturated heterocycles. The topological polar surface area (TPSA) is 66.3 Å². The third-order valence-electron chi connectivity index (χ3n) is 4.30. The number of piperazine rings is 1. The van der Waals surface area contributed by atoms with Gasteiger partial charge < -0.3 is 9.47 Å². The van der Waals surface area contributed by atoms with E-state index < -0.39 is 5.82 Å². The number of anilines is 1. The van der Waals surface area contributed by atoms with Crippen molar-refractivity contribution in [1.82, 2.24) is 24.3 Å². The van der Waals surface area contributed by atoms with E-state index in [2.05, 4.69) is 27.1 Å². The van der Waals surface area contributed by atoms with E-state index in [-0.39, 0.29) is 12.1 Å². The number of hydrogen-bond donors (Lipinski definition) is 1. The Kier molecular flexibility index (Phi) is 4.75. The molecule has 0 radical (unpaired) electrons. The molecule has 3 rings (SSSR count). The summed E-state index contributed by atoms with van der Waals surface area (Å²) in [4.78, 5) is 24.8. The Morgan fingerprint density at radius 3 is 2.83 bits per heavy atom. The minimum Gasteiger partial charge on any atom is -0.337 e. The number of amides is 2. The van der Waals surface area contributed by atoms with Gasteiger partial charge in [0.1, 0.15) is 17.5 Å². The molecule has 2 amide bonds. The highest BCUT2D eigenvalue weighted by Crippen LogP contribution is 2.24. The van der Waals surface area contributed by atoms with Crippen LogP contribution in [0.2, 0.25) is 0 Å². The van der Waals surface area contributed by atoms with E-state index in [0.29, 0.717) is 18.9 Å². The highest BCUT2D eigenvalue weighted by Gasteiger charge is 2.32. The zero-order valence-corrected chi connectivity index (χ0v) is 13.8. The van der Waals surface area contributed by atoms with E-state index in [1.54, 1.807) is 11.1 Å². The Labute approximate surface area is 140 Å². The van der Waals surface area contributed by atoms with E-state index in [1.165, 1.54) is 12.1 Å². The fraction of sp³-hybridized carbons (Fsp3) is 0.438. The zero-order valence-electron chi connectivity index (χ0n) is 13.8. The molecule has 1 fully saturated rings. The summed E-state index contributed by atoms with van der Waals surface area (Å²) in [6.45, 7) is 4.95. The van der Waals surface area contributed by atoms with Gasteiger partial charge in [-0.3, -0.25) is 10.2 Å². The lowest BCUT2D eigenvalue weighted by atomic mass is 10.1. The molecule has 1 aliphatic rings. The molecule has 0 aliphatic carbocycles. The Morgan fingerprint density at radius 1 is 1.38 bits per heavy atom. The maximum atomic E-state index is 12.9. The Balaban J connectivity index is 1.71. The lowest BCUT2D eigenvalue weighted by Crippen LogP contribution is -2.52. The van der Waals surface area contributed by atoms with Gasteiger partial charge in [0, 0.05) is 39.1 Å². The lowest BCUT2D eigenvalue weighted by molar-refractivity contribution is 0.0926. The standard InChI is InChI=1S/C16H21FN6O/c1-3-22-8-9-23(11-13(22)15-18-6-7-21(15)2)16(24)20-14-5-4-12(17)10-19-14/h4-7,10,13H,3,8-9,11H2,1-2H3,(H,19,20,24)/t13-/m0/s1. The molecule has 2 aromatic rings. The molecule has 1 atom stereocenters. The quantitative estimate of drug-likeness (QED) is 0.932. The summed E-state index contributed by atoms with van der Waals surface area (Å²) in [5.74, 6) is 0.849. The SMILES string of the molecule is CCN1CCN(C(=O)Nc2ccc(F)cn2)C[C@H]1c1nccn1C. The number of nitrogens with zero attached hydrogens (tertiary/aromatic N) is 5. The lowest BCUT2D eigenvalue weighted by Gasteiger charge is -2.40. The van der Waals surface area contributed by atoms with Crippen LogP contribution in [0.25, 0.3) is 0 Å². The maximum Gasteiger partial charge on any atom is 0.323 e. The van der Waals surface area contributed by atoms with Crippen LogP contribution in [0.5, 0.6) is 0 Å². The Bertz CT molecular complexity index is 701. The van der Waals surface area contributed by atoms with Crippen molar-refractivity contribution in [3.05, 3.63) is 42.4 Å². The first-order valence-corrected chi connectivity index (χ1v) is 7.97.